The first kappa shape index (κ1) is 19.3. The molecule has 0 atom stereocenters. The van der Waals surface area contributed by atoms with Crippen LogP contribution < -0.4 is 15.1 Å². The number of hydrogen-bond acceptors (Lipinski definition) is 5. The minimum atomic E-state index is -0.552. The van der Waals surface area contributed by atoms with Gasteiger partial charge in [-0.15, -0.1) is 0 Å². The minimum Gasteiger partial charge on any atom is -0.497 e. The van der Waals surface area contributed by atoms with Gasteiger partial charge in [-0.25, -0.2) is 9.37 Å². The van der Waals surface area contributed by atoms with Crippen LogP contribution in [0, 0.1) is 5.82 Å². The highest BCUT2D eigenvalue weighted by atomic mass is 19.1. The summed E-state index contributed by atoms with van der Waals surface area (Å²) in [4.78, 5) is 31.4. The summed E-state index contributed by atoms with van der Waals surface area (Å²) in [6, 6.07) is 17.1. The third kappa shape index (κ3) is 3.91. The molecule has 0 aliphatic rings. The van der Waals surface area contributed by atoms with E-state index in [9.17, 15) is 14.0 Å². The number of methoxy groups -OCH3 is 1. The summed E-state index contributed by atoms with van der Waals surface area (Å²) >= 11 is 0. The highest BCUT2D eigenvalue weighted by Crippen LogP contribution is 2.21. The quantitative estimate of drug-likeness (QED) is 0.499. The van der Waals surface area contributed by atoms with Crippen molar-refractivity contribution in [3.05, 3.63) is 100 Å². The second kappa shape index (κ2) is 8.16. The highest BCUT2D eigenvalue weighted by molar-refractivity contribution is 6.04. The first-order chi connectivity index (χ1) is 14.5. The Bertz CT molecular complexity index is 1250. The molecule has 0 aliphatic heterocycles. The minimum absolute atomic E-state index is 0.0751. The van der Waals surface area contributed by atoms with E-state index < -0.39 is 17.2 Å². The van der Waals surface area contributed by atoms with Gasteiger partial charge in [-0.05, 0) is 48.0 Å². The Hall–Kier alpha value is -4.00. The number of carbonyl (C=O) groups is 1. The molecule has 1 amide bonds. The number of nitrogens with zero attached hydrogens (tertiary/aromatic N) is 2. The van der Waals surface area contributed by atoms with Crippen LogP contribution in [0.1, 0.15) is 16.1 Å². The summed E-state index contributed by atoms with van der Waals surface area (Å²) in [5.74, 6) is -0.142. The molecule has 0 radical (unpaired) electrons. The van der Waals surface area contributed by atoms with E-state index in [2.05, 4.69) is 4.98 Å². The number of halogens is 1. The molecular formula is C23H17FN2O4. The molecule has 2 aromatic heterocycles. The van der Waals surface area contributed by atoms with Gasteiger partial charge >= 0.3 is 0 Å². The Morgan fingerprint density at radius 1 is 1.10 bits per heavy atom. The molecule has 0 fully saturated rings. The maximum Gasteiger partial charge on any atom is 0.295 e. The van der Waals surface area contributed by atoms with Gasteiger partial charge < -0.3 is 9.15 Å². The van der Waals surface area contributed by atoms with Crippen LogP contribution in [0.3, 0.4) is 0 Å². The fourth-order valence-corrected chi connectivity index (χ4v) is 3.05. The second-order valence-corrected chi connectivity index (χ2v) is 6.54. The van der Waals surface area contributed by atoms with Crippen molar-refractivity contribution in [2.45, 2.75) is 6.54 Å². The molecule has 4 rings (SSSR count). The first-order valence-electron chi connectivity index (χ1n) is 9.14. The SMILES string of the molecule is COc1ccc(CN(C(=O)c2cc(=O)c3cc(F)ccc3o2)c2ccccn2)cc1. The number of ether oxygens (including phenoxy) is 1. The van der Waals surface area contributed by atoms with E-state index in [1.807, 2.05) is 12.1 Å². The number of carbonyl (C=O) groups excluding carboxylic acids is 1. The molecule has 150 valence electrons. The van der Waals surface area contributed by atoms with Crippen molar-refractivity contribution in [1.82, 2.24) is 4.98 Å². The van der Waals surface area contributed by atoms with Crippen molar-refractivity contribution in [2.75, 3.05) is 12.0 Å². The lowest BCUT2D eigenvalue weighted by Gasteiger charge is -2.21. The normalized spacial score (nSPS) is 10.7. The van der Waals surface area contributed by atoms with Gasteiger partial charge in [0.05, 0.1) is 19.0 Å². The standard InChI is InChI=1S/C23H17FN2O4/c1-29-17-8-5-15(6-9-17)14-26(22-4-2-3-11-25-22)23(28)21-13-19(27)18-12-16(24)7-10-20(18)30-21/h2-13H,14H2,1H3. The van der Waals surface area contributed by atoms with Crippen LogP contribution in [0.2, 0.25) is 0 Å². The van der Waals surface area contributed by atoms with E-state index in [1.165, 1.54) is 17.0 Å². The maximum absolute atomic E-state index is 13.4. The zero-order valence-electron chi connectivity index (χ0n) is 16.0. The van der Waals surface area contributed by atoms with E-state index in [0.717, 1.165) is 17.7 Å². The zero-order chi connectivity index (χ0) is 21.1. The van der Waals surface area contributed by atoms with E-state index in [4.69, 9.17) is 9.15 Å². The van der Waals surface area contributed by atoms with Crippen molar-refractivity contribution in [1.29, 1.82) is 0 Å². The van der Waals surface area contributed by atoms with Crippen LogP contribution in [0.5, 0.6) is 5.75 Å². The van der Waals surface area contributed by atoms with E-state index in [1.54, 1.807) is 43.6 Å². The Morgan fingerprint density at radius 3 is 2.60 bits per heavy atom. The van der Waals surface area contributed by atoms with E-state index in [0.29, 0.717) is 11.6 Å². The molecule has 2 aromatic carbocycles. The Labute approximate surface area is 171 Å². The topological polar surface area (TPSA) is 72.6 Å². The zero-order valence-corrected chi connectivity index (χ0v) is 16.0. The summed E-state index contributed by atoms with van der Waals surface area (Å²) in [6.07, 6.45) is 1.57. The number of rotatable bonds is 5. The number of benzene rings is 2. The number of aromatic nitrogens is 1. The number of pyridine rings is 1. The average Bonchev–Trinajstić information content (AvgIpc) is 2.78. The summed E-state index contributed by atoms with van der Waals surface area (Å²) < 4.78 is 24.2. The van der Waals surface area contributed by atoms with Crippen LogP contribution in [-0.2, 0) is 6.54 Å². The van der Waals surface area contributed by atoms with Crippen molar-refractivity contribution in [2.24, 2.45) is 0 Å². The van der Waals surface area contributed by atoms with Gasteiger partial charge in [-0.2, -0.15) is 0 Å². The van der Waals surface area contributed by atoms with Crippen LogP contribution >= 0.6 is 0 Å². The molecule has 0 aliphatic carbocycles. The van der Waals surface area contributed by atoms with Gasteiger partial charge in [-0.3, -0.25) is 14.5 Å². The van der Waals surface area contributed by atoms with Gasteiger partial charge in [0.15, 0.2) is 11.2 Å². The van der Waals surface area contributed by atoms with Gasteiger partial charge in [0.2, 0.25) is 0 Å². The van der Waals surface area contributed by atoms with Crippen molar-refractivity contribution >= 4 is 22.7 Å². The number of anilines is 1. The van der Waals surface area contributed by atoms with Crippen LogP contribution in [0.4, 0.5) is 10.2 Å². The second-order valence-electron chi connectivity index (χ2n) is 6.54. The van der Waals surface area contributed by atoms with Gasteiger partial charge in [-0.1, -0.05) is 18.2 Å². The molecule has 0 saturated carbocycles. The van der Waals surface area contributed by atoms with Crippen LogP contribution in [0.15, 0.2) is 82.1 Å². The molecule has 0 saturated heterocycles. The molecular weight excluding hydrogens is 387 g/mol. The fourth-order valence-electron chi connectivity index (χ4n) is 3.05. The van der Waals surface area contributed by atoms with Crippen molar-refractivity contribution in [3.8, 4) is 5.75 Å². The lowest BCUT2D eigenvalue weighted by atomic mass is 10.1. The van der Waals surface area contributed by atoms with E-state index in [-0.39, 0.29) is 23.3 Å². The molecule has 7 heteroatoms. The van der Waals surface area contributed by atoms with Crippen molar-refractivity contribution in [3.63, 3.8) is 0 Å². The van der Waals surface area contributed by atoms with Crippen LogP contribution in [-0.4, -0.2) is 18.0 Å². The van der Waals surface area contributed by atoms with Crippen LogP contribution in [0.25, 0.3) is 11.0 Å². The predicted octanol–water partition coefficient (Wildman–Crippen LogP) is 4.18. The monoisotopic (exact) mass is 404 g/mol. The number of fused-ring (bicyclic) bond motifs is 1. The number of amides is 1. The smallest absolute Gasteiger partial charge is 0.295 e. The molecule has 2 heterocycles. The Kier molecular flexibility index (Phi) is 5.26. The van der Waals surface area contributed by atoms with Gasteiger partial charge in [0.1, 0.15) is 23.0 Å². The third-order valence-corrected chi connectivity index (χ3v) is 4.57. The maximum atomic E-state index is 13.4. The van der Waals surface area contributed by atoms with Crippen molar-refractivity contribution < 1.29 is 18.3 Å². The summed E-state index contributed by atoms with van der Waals surface area (Å²) in [5, 5.41) is 0.0751. The first-order valence-corrected chi connectivity index (χ1v) is 9.14. The summed E-state index contributed by atoms with van der Waals surface area (Å²) in [6.45, 7) is 0.199. The van der Waals surface area contributed by atoms with E-state index >= 15 is 0 Å². The van der Waals surface area contributed by atoms with Gasteiger partial charge in [0, 0.05) is 12.3 Å². The molecule has 0 N–H and O–H groups in total. The summed E-state index contributed by atoms with van der Waals surface area (Å²) in [7, 11) is 1.58. The fraction of sp³-hybridized carbons (Fsp3) is 0.0870. The molecule has 0 bridgehead atoms. The summed E-state index contributed by atoms with van der Waals surface area (Å²) in [5.41, 5.74) is 0.474. The third-order valence-electron chi connectivity index (χ3n) is 4.57. The predicted molar refractivity (Wildman–Crippen MR) is 110 cm³/mol. The number of hydrogen-bond donors (Lipinski definition) is 0. The largest absolute Gasteiger partial charge is 0.497 e. The highest BCUT2D eigenvalue weighted by Gasteiger charge is 2.23. The lowest BCUT2D eigenvalue weighted by molar-refractivity contribution is 0.0958. The lowest BCUT2D eigenvalue weighted by Crippen LogP contribution is -2.31. The molecule has 30 heavy (non-hydrogen) atoms. The molecule has 6 nitrogen and oxygen atoms in total. The Balaban J connectivity index is 1.74. The molecule has 0 unspecified atom stereocenters. The molecule has 4 aromatic rings. The average molecular weight is 404 g/mol. The molecule has 0 spiro atoms. The Morgan fingerprint density at radius 2 is 1.90 bits per heavy atom. The van der Waals surface area contributed by atoms with Gasteiger partial charge in [0.25, 0.3) is 5.91 Å².